The van der Waals surface area contributed by atoms with Crippen LogP contribution in [0.15, 0.2) is 31.0 Å². The molecular weight excluding hydrogens is 198 g/mol. The molecule has 0 radical (unpaired) electrons. The molecule has 2 N–H and O–H groups in total. The lowest BCUT2D eigenvalue weighted by Crippen LogP contribution is -2.22. The molecular formula is C13H21N3. The Balaban J connectivity index is 2.80. The third-order valence-corrected chi connectivity index (χ3v) is 2.69. The number of aromatic nitrogens is 1. The van der Waals surface area contributed by atoms with Gasteiger partial charge in [0, 0.05) is 19.1 Å². The first-order valence-corrected chi connectivity index (χ1v) is 5.80. The van der Waals surface area contributed by atoms with Crippen LogP contribution >= 0.6 is 0 Å². The molecule has 0 spiro atoms. The molecule has 0 saturated heterocycles. The maximum Gasteiger partial charge on any atom is 0.0572 e. The van der Waals surface area contributed by atoms with E-state index in [1.54, 1.807) is 0 Å². The molecule has 1 heterocycles. The maximum absolute atomic E-state index is 5.92. The number of hydrogen-bond donors (Lipinski definition) is 1. The van der Waals surface area contributed by atoms with E-state index in [1.807, 2.05) is 18.3 Å². The maximum atomic E-state index is 5.92. The molecule has 0 aliphatic rings. The Bertz CT molecular complexity index is 318. The minimum atomic E-state index is 0.0449. The molecule has 88 valence electrons. The first kappa shape index (κ1) is 12.7. The Morgan fingerprint density at radius 2 is 2.25 bits per heavy atom. The van der Waals surface area contributed by atoms with E-state index in [4.69, 9.17) is 5.73 Å². The molecule has 1 aromatic rings. The highest BCUT2D eigenvalue weighted by molar-refractivity contribution is 5.45. The van der Waals surface area contributed by atoms with Gasteiger partial charge in [-0.1, -0.05) is 13.0 Å². The molecule has 16 heavy (non-hydrogen) atoms. The van der Waals surface area contributed by atoms with Gasteiger partial charge < -0.3 is 10.6 Å². The number of likely N-dealkylation sites (N-methyl/N-ethyl adjacent to an activating group) is 1. The Hall–Kier alpha value is -1.35. The standard InChI is InChI=1S/C13H21N3/c1-4-9-16(6-3)11-7-8-13(15-10-11)12(14)5-2/h4,7-8,10,12H,1,5-6,9,14H2,2-3H3/t12-/m0/s1. The van der Waals surface area contributed by atoms with Gasteiger partial charge in [-0.3, -0.25) is 4.98 Å². The van der Waals surface area contributed by atoms with Crippen LogP contribution in [-0.4, -0.2) is 18.1 Å². The summed E-state index contributed by atoms with van der Waals surface area (Å²) in [5, 5.41) is 0. The second-order valence-corrected chi connectivity index (χ2v) is 3.78. The van der Waals surface area contributed by atoms with Gasteiger partial charge in [-0.15, -0.1) is 6.58 Å². The van der Waals surface area contributed by atoms with Crippen molar-refractivity contribution in [3.8, 4) is 0 Å². The summed E-state index contributed by atoms with van der Waals surface area (Å²) in [5.74, 6) is 0. The predicted molar refractivity (Wildman–Crippen MR) is 69.5 cm³/mol. The molecule has 3 heteroatoms. The van der Waals surface area contributed by atoms with Crippen molar-refractivity contribution in [1.29, 1.82) is 0 Å². The first-order chi connectivity index (χ1) is 7.72. The zero-order chi connectivity index (χ0) is 12.0. The second-order valence-electron chi connectivity index (χ2n) is 3.78. The van der Waals surface area contributed by atoms with Crippen LogP contribution in [0.4, 0.5) is 5.69 Å². The third-order valence-electron chi connectivity index (χ3n) is 2.69. The van der Waals surface area contributed by atoms with Crippen LogP contribution in [-0.2, 0) is 0 Å². The quantitative estimate of drug-likeness (QED) is 0.747. The summed E-state index contributed by atoms with van der Waals surface area (Å²) in [6.07, 6.45) is 4.70. The fourth-order valence-electron chi connectivity index (χ4n) is 1.59. The van der Waals surface area contributed by atoms with E-state index < -0.39 is 0 Å². The van der Waals surface area contributed by atoms with Crippen molar-refractivity contribution in [2.45, 2.75) is 26.3 Å². The summed E-state index contributed by atoms with van der Waals surface area (Å²) in [6.45, 7) is 9.73. The fraction of sp³-hybridized carbons (Fsp3) is 0.462. The number of anilines is 1. The van der Waals surface area contributed by atoms with Crippen molar-refractivity contribution < 1.29 is 0 Å². The van der Waals surface area contributed by atoms with Crippen LogP contribution < -0.4 is 10.6 Å². The molecule has 0 aromatic carbocycles. The molecule has 1 atom stereocenters. The highest BCUT2D eigenvalue weighted by Gasteiger charge is 2.06. The van der Waals surface area contributed by atoms with E-state index >= 15 is 0 Å². The number of nitrogens with two attached hydrogens (primary N) is 1. The lowest BCUT2D eigenvalue weighted by molar-refractivity contribution is 0.675. The van der Waals surface area contributed by atoms with Crippen LogP contribution in [0.1, 0.15) is 32.0 Å². The van der Waals surface area contributed by atoms with Crippen LogP contribution in [0.3, 0.4) is 0 Å². The van der Waals surface area contributed by atoms with E-state index in [1.165, 1.54) is 0 Å². The Kier molecular flexibility index (Phi) is 4.99. The summed E-state index contributed by atoms with van der Waals surface area (Å²) >= 11 is 0. The smallest absolute Gasteiger partial charge is 0.0572 e. The molecule has 1 aromatic heterocycles. The van der Waals surface area contributed by atoms with Gasteiger partial charge in [0.1, 0.15) is 0 Å². The molecule has 0 aliphatic carbocycles. The Morgan fingerprint density at radius 1 is 1.50 bits per heavy atom. The van der Waals surface area contributed by atoms with Gasteiger partial charge in [0.15, 0.2) is 0 Å². The number of nitrogens with zero attached hydrogens (tertiary/aromatic N) is 2. The van der Waals surface area contributed by atoms with Gasteiger partial charge in [-0.05, 0) is 25.5 Å². The Morgan fingerprint density at radius 3 is 2.69 bits per heavy atom. The van der Waals surface area contributed by atoms with E-state index in [0.717, 1.165) is 30.9 Å². The van der Waals surface area contributed by atoms with Gasteiger partial charge in [0.05, 0.1) is 17.6 Å². The van der Waals surface area contributed by atoms with Crippen molar-refractivity contribution in [1.82, 2.24) is 4.98 Å². The summed E-state index contributed by atoms with van der Waals surface area (Å²) in [5.41, 5.74) is 8.00. The lowest BCUT2D eigenvalue weighted by atomic mass is 10.1. The molecule has 0 saturated carbocycles. The highest BCUT2D eigenvalue weighted by atomic mass is 15.1. The summed E-state index contributed by atoms with van der Waals surface area (Å²) < 4.78 is 0. The molecule has 0 aliphatic heterocycles. The Labute approximate surface area is 98.0 Å². The zero-order valence-electron chi connectivity index (χ0n) is 10.2. The normalized spacial score (nSPS) is 12.2. The molecule has 3 nitrogen and oxygen atoms in total. The van der Waals surface area contributed by atoms with Gasteiger partial charge in [-0.2, -0.15) is 0 Å². The number of rotatable bonds is 6. The molecule has 0 bridgehead atoms. The van der Waals surface area contributed by atoms with Gasteiger partial charge >= 0.3 is 0 Å². The van der Waals surface area contributed by atoms with Crippen molar-refractivity contribution in [3.63, 3.8) is 0 Å². The summed E-state index contributed by atoms with van der Waals surface area (Å²) in [6, 6.07) is 4.13. The van der Waals surface area contributed by atoms with Gasteiger partial charge in [0.25, 0.3) is 0 Å². The fourth-order valence-corrected chi connectivity index (χ4v) is 1.59. The van der Waals surface area contributed by atoms with Gasteiger partial charge in [-0.25, -0.2) is 0 Å². The first-order valence-electron chi connectivity index (χ1n) is 5.80. The van der Waals surface area contributed by atoms with Crippen LogP contribution in [0, 0.1) is 0 Å². The average Bonchev–Trinajstić information content (AvgIpc) is 2.35. The van der Waals surface area contributed by atoms with Crippen molar-refractivity contribution >= 4 is 5.69 Å². The minimum Gasteiger partial charge on any atom is -0.367 e. The van der Waals surface area contributed by atoms with Gasteiger partial charge in [0.2, 0.25) is 0 Å². The average molecular weight is 219 g/mol. The van der Waals surface area contributed by atoms with E-state index in [9.17, 15) is 0 Å². The third kappa shape index (κ3) is 3.07. The molecule has 0 unspecified atom stereocenters. The monoisotopic (exact) mass is 219 g/mol. The zero-order valence-corrected chi connectivity index (χ0v) is 10.2. The van der Waals surface area contributed by atoms with Crippen LogP contribution in [0.2, 0.25) is 0 Å². The van der Waals surface area contributed by atoms with Crippen molar-refractivity contribution in [2.24, 2.45) is 5.73 Å². The number of pyridine rings is 1. The van der Waals surface area contributed by atoms with E-state index in [0.29, 0.717) is 0 Å². The second kappa shape index (κ2) is 6.28. The summed E-state index contributed by atoms with van der Waals surface area (Å²) in [4.78, 5) is 6.61. The van der Waals surface area contributed by atoms with Crippen LogP contribution in [0.5, 0.6) is 0 Å². The highest BCUT2D eigenvalue weighted by Crippen LogP contribution is 2.16. The molecule has 1 rings (SSSR count). The molecule has 0 fully saturated rings. The topological polar surface area (TPSA) is 42.1 Å². The summed E-state index contributed by atoms with van der Waals surface area (Å²) in [7, 11) is 0. The number of hydrogen-bond acceptors (Lipinski definition) is 3. The largest absolute Gasteiger partial charge is 0.367 e. The van der Waals surface area contributed by atoms with E-state index in [2.05, 4.69) is 36.4 Å². The minimum absolute atomic E-state index is 0.0449. The predicted octanol–water partition coefficient (Wildman–Crippen LogP) is 2.50. The lowest BCUT2D eigenvalue weighted by Gasteiger charge is -2.21. The van der Waals surface area contributed by atoms with Crippen molar-refractivity contribution in [2.75, 3.05) is 18.0 Å². The van der Waals surface area contributed by atoms with E-state index in [-0.39, 0.29) is 6.04 Å². The van der Waals surface area contributed by atoms with Crippen LogP contribution in [0.25, 0.3) is 0 Å². The SMILES string of the molecule is C=CCN(CC)c1ccc([C@@H](N)CC)nc1. The van der Waals surface area contributed by atoms with Crippen molar-refractivity contribution in [3.05, 3.63) is 36.7 Å². The molecule has 0 amide bonds.